The predicted octanol–water partition coefficient (Wildman–Crippen LogP) is 3.05. The standard InChI is InChI=1S/C18H22O6/c1-21-14(7-11-5-6-13(19)15(8-11)22-2)12-9-16(23-3)18(20)17(10-12)24-4/h5-6,8-10,14,19-20H,7H2,1-4H3. The molecule has 2 N–H and O–H groups in total. The lowest BCUT2D eigenvalue weighted by atomic mass is 10.00. The van der Waals surface area contributed by atoms with E-state index in [1.165, 1.54) is 21.3 Å². The predicted molar refractivity (Wildman–Crippen MR) is 89.3 cm³/mol. The normalized spacial score (nSPS) is 11.8. The first-order valence-electron chi connectivity index (χ1n) is 7.37. The fourth-order valence-electron chi connectivity index (χ4n) is 2.50. The summed E-state index contributed by atoms with van der Waals surface area (Å²) < 4.78 is 21.1. The lowest BCUT2D eigenvalue weighted by Crippen LogP contribution is -2.06. The molecule has 0 heterocycles. The van der Waals surface area contributed by atoms with Gasteiger partial charge in [-0.25, -0.2) is 0 Å². The summed E-state index contributed by atoms with van der Waals surface area (Å²) in [4.78, 5) is 0. The van der Waals surface area contributed by atoms with Crippen molar-refractivity contribution in [1.29, 1.82) is 0 Å². The third kappa shape index (κ3) is 3.65. The highest BCUT2D eigenvalue weighted by Crippen LogP contribution is 2.40. The second-order valence-electron chi connectivity index (χ2n) is 5.21. The van der Waals surface area contributed by atoms with E-state index in [9.17, 15) is 10.2 Å². The van der Waals surface area contributed by atoms with E-state index in [2.05, 4.69) is 0 Å². The van der Waals surface area contributed by atoms with Gasteiger partial charge < -0.3 is 29.2 Å². The van der Waals surface area contributed by atoms with Gasteiger partial charge in [0.05, 0.1) is 27.4 Å². The van der Waals surface area contributed by atoms with Gasteiger partial charge in [0.2, 0.25) is 5.75 Å². The second kappa shape index (κ2) is 7.79. The minimum absolute atomic E-state index is 0.0510. The van der Waals surface area contributed by atoms with E-state index in [0.717, 1.165) is 11.1 Å². The lowest BCUT2D eigenvalue weighted by molar-refractivity contribution is 0.103. The molecule has 2 aromatic carbocycles. The molecule has 2 rings (SSSR count). The van der Waals surface area contributed by atoms with Gasteiger partial charge in [0.25, 0.3) is 0 Å². The number of hydrogen-bond donors (Lipinski definition) is 2. The Bertz CT molecular complexity index is 673. The first-order valence-corrected chi connectivity index (χ1v) is 7.37. The van der Waals surface area contributed by atoms with Gasteiger partial charge >= 0.3 is 0 Å². The van der Waals surface area contributed by atoms with Crippen molar-refractivity contribution in [1.82, 2.24) is 0 Å². The molecule has 0 fully saturated rings. The molecule has 0 bridgehead atoms. The van der Waals surface area contributed by atoms with Crippen LogP contribution in [0.2, 0.25) is 0 Å². The van der Waals surface area contributed by atoms with Crippen molar-refractivity contribution in [3.05, 3.63) is 41.5 Å². The van der Waals surface area contributed by atoms with Crippen molar-refractivity contribution in [3.63, 3.8) is 0 Å². The monoisotopic (exact) mass is 334 g/mol. The van der Waals surface area contributed by atoms with Gasteiger partial charge in [0.1, 0.15) is 0 Å². The van der Waals surface area contributed by atoms with E-state index < -0.39 is 0 Å². The smallest absolute Gasteiger partial charge is 0.200 e. The van der Waals surface area contributed by atoms with E-state index >= 15 is 0 Å². The Hall–Kier alpha value is -2.60. The molecule has 6 nitrogen and oxygen atoms in total. The average molecular weight is 334 g/mol. The summed E-state index contributed by atoms with van der Waals surface area (Å²) in [5, 5.41) is 19.7. The Morgan fingerprint density at radius 2 is 1.42 bits per heavy atom. The first kappa shape index (κ1) is 17.7. The molecule has 0 saturated carbocycles. The highest BCUT2D eigenvalue weighted by Gasteiger charge is 2.18. The zero-order valence-corrected chi connectivity index (χ0v) is 14.2. The number of hydrogen-bond acceptors (Lipinski definition) is 6. The number of benzene rings is 2. The van der Waals surface area contributed by atoms with E-state index in [1.54, 1.807) is 37.4 Å². The maximum absolute atomic E-state index is 10.0. The van der Waals surface area contributed by atoms with Crippen LogP contribution in [-0.4, -0.2) is 38.7 Å². The van der Waals surface area contributed by atoms with Crippen LogP contribution in [-0.2, 0) is 11.2 Å². The molecule has 24 heavy (non-hydrogen) atoms. The van der Waals surface area contributed by atoms with Gasteiger partial charge in [0.15, 0.2) is 23.0 Å². The van der Waals surface area contributed by atoms with Crippen LogP contribution in [0.15, 0.2) is 30.3 Å². The summed E-state index contributed by atoms with van der Waals surface area (Å²) in [7, 11) is 6.06. The molecule has 0 radical (unpaired) electrons. The lowest BCUT2D eigenvalue weighted by Gasteiger charge is -2.19. The molecular weight excluding hydrogens is 312 g/mol. The molecule has 2 aromatic rings. The molecule has 0 amide bonds. The summed E-state index contributed by atoms with van der Waals surface area (Å²) in [6.45, 7) is 0. The summed E-state index contributed by atoms with van der Waals surface area (Å²) in [6.07, 6.45) is 0.257. The maximum atomic E-state index is 10.0. The van der Waals surface area contributed by atoms with Gasteiger partial charge in [-0.1, -0.05) is 6.07 Å². The quantitative estimate of drug-likeness (QED) is 0.810. The Morgan fingerprint density at radius 3 is 1.92 bits per heavy atom. The zero-order chi connectivity index (χ0) is 17.7. The molecule has 1 atom stereocenters. The Kier molecular flexibility index (Phi) is 5.76. The van der Waals surface area contributed by atoms with E-state index in [0.29, 0.717) is 23.7 Å². The van der Waals surface area contributed by atoms with Crippen LogP contribution in [0, 0.1) is 0 Å². The highest BCUT2D eigenvalue weighted by molar-refractivity contribution is 5.53. The second-order valence-corrected chi connectivity index (χ2v) is 5.21. The molecule has 0 aliphatic carbocycles. The molecule has 0 aliphatic heterocycles. The van der Waals surface area contributed by atoms with E-state index in [1.807, 2.05) is 0 Å². The Morgan fingerprint density at radius 1 is 0.833 bits per heavy atom. The number of phenols is 2. The van der Waals surface area contributed by atoms with Crippen LogP contribution in [0.3, 0.4) is 0 Å². The van der Waals surface area contributed by atoms with Gasteiger partial charge in [-0.05, 0) is 35.4 Å². The molecule has 0 aliphatic rings. The highest BCUT2D eigenvalue weighted by atomic mass is 16.5. The SMILES string of the molecule is COc1cc(CC(OC)c2cc(OC)c(O)c(OC)c2)ccc1O. The Labute approximate surface area is 141 Å². The Balaban J connectivity index is 2.35. The van der Waals surface area contributed by atoms with E-state index in [4.69, 9.17) is 18.9 Å². The van der Waals surface area contributed by atoms with Crippen LogP contribution < -0.4 is 14.2 Å². The van der Waals surface area contributed by atoms with Gasteiger partial charge in [-0.15, -0.1) is 0 Å². The first-order chi connectivity index (χ1) is 11.5. The molecule has 130 valence electrons. The van der Waals surface area contributed by atoms with Crippen LogP contribution in [0.5, 0.6) is 28.7 Å². The number of aromatic hydroxyl groups is 2. The van der Waals surface area contributed by atoms with Crippen molar-refractivity contribution >= 4 is 0 Å². The van der Waals surface area contributed by atoms with Crippen molar-refractivity contribution in [3.8, 4) is 28.7 Å². The third-order valence-corrected chi connectivity index (χ3v) is 3.82. The van der Waals surface area contributed by atoms with Crippen LogP contribution in [0.4, 0.5) is 0 Å². The third-order valence-electron chi connectivity index (χ3n) is 3.82. The van der Waals surface area contributed by atoms with Gasteiger partial charge in [0, 0.05) is 13.5 Å². The van der Waals surface area contributed by atoms with E-state index in [-0.39, 0.29) is 17.6 Å². The summed E-state index contributed by atoms with van der Waals surface area (Å²) in [5.41, 5.74) is 1.73. The van der Waals surface area contributed by atoms with Crippen LogP contribution in [0.25, 0.3) is 0 Å². The minimum atomic E-state index is -0.289. The fraction of sp³-hybridized carbons (Fsp3) is 0.333. The fourth-order valence-corrected chi connectivity index (χ4v) is 2.50. The number of methoxy groups -OCH3 is 4. The number of phenolic OH excluding ortho intramolecular Hbond substituents is 2. The number of rotatable bonds is 7. The largest absolute Gasteiger partial charge is 0.504 e. The maximum Gasteiger partial charge on any atom is 0.200 e. The minimum Gasteiger partial charge on any atom is -0.504 e. The summed E-state index contributed by atoms with van der Waals surface area (Å²) >= 11 is 0. The van der Waals surface area contributed by atoms with Crippen molar-refractivity contribution in [2.24, 2.45) is 0 Å². The molecule has 0 saturated heterocycles. The summed E-state index contributed by atoms with van der Waals surface area (Å²) in [5.74, 6) is 1.07. The summed E-state index contributed by atoms with van der Waals surface area (Å²) in [6, 6.07) is 8.57. The molecule has 0 aromatic heterocycles. The van der Waals surface area contributed by atoms with Crippen LogP contribution in [0.1, 0.15) is 17.2 Å². The van der Waals surface area contributed by atoms with Crippen molar-refractivity contribution < 1.29 is 29.2 Å². The molecule has 1 unspecified atom stereocenters. The zero-order valence-electron chi connectivity index (χ0n) is 14.2. The number of ether oxygens (including phenoxy) is 4. The topological polar surface area (TPSA) is 77.4 Å². The molecule has 0 spiro atoms. The van der Waals surface area contributed by atoms with Gasteiger partial charge in [-0.2, -0.15) is 0 Å². The molecular formula is C18H22O6. The average Bonchev–Trinajstić information content (AvgIpc) is 2.61. The van der Waals surface area contributed by atoms with Crippen molar-refractivity contribution in [2.75, 3.05) is 28.4 Å². The van der Waals surface area contributed by atoms with Crippen molar-refractivity contribution in [2.45, 2.75) is 12.5 Å². The van der Waals surface area contributed by atoms with Crippen LogP contribution >= 0.6 is 0 Å². The van der Waals surface area contributed by atoms with Gasteiger partial charge in [-0.3, -0.25) is 0 Å². The molecule has 6 heteroatoms.